The number of hydrogen-bond donors (Lipinski definition) is 0. The fourth-order valence-corrected chi connectivity index (χ4v) is 12.7. The van der Waals surface area contributed by atoms with Gasteiger partial charge >= 0.3 is 0 Å². The van der Waals surface area contributed by atoms with Crippen molar-refractivity contribution >= 4 is 56.1 Å². The van der Waals surface area contributed by atoms with Gasteiger partial charge < -0.3 is 14.2 Å². The van der Waals surface area contributed by atoms with E-state index in [-0.39, 0.29) is 10.8 Å². The predicted octanol–water partition coefficient (Wildman–Crippen LogP) is 20.8. The number of anilines is 6. The van der Waals surface area contributed by atoms with Gasteiger partial charge in [-0.3, -0.25) is 0 Å². The van der Waals surface area contributed by atoms with Gasteiger partial charge in [0.25, 0.3) is 0 Å². The van der Waals surface area contributed by atoms with Gasteiger partial charge in [0, 0.05) is 39.2 Å². The molecule has 0 unspecified atom stereocenters. The number of benzene rings is 11. The van der Waals surface area contributed by atoms with Crippen molar-refractivity contribution in [1.82, 2.24) is 0 Å². The second kappa shape index (κ2) is 18.0. The Morgan fingerprint density at radius 1 is 0.333 bits per heavy atom. The first-order valence-electron chi connectivity index (χ1n) is 27.4. The molecule has 11 aromatic carbocycles. The van der Waals surface area contributed by atoms with E-state index in [4.69, 9.17) is 4.42 Å². The fourth-order valence-electron chi connectivity index (χ4n) is 12.7. The summed E-state index contributed by atoms with van der Waals surface area (Å²) in [5.41, 5.74) is 24.7. The van der Waals surface area contributed by atoms with Crippen LogP contribution in [0, 0.1) is 0 Å². The zero-order valence-electron chi connectivity index (χ0n) is 45.1. The highest BCUT2D eigenvalue weighted by molar-refractivity contribution is 6.20. The Bertz CT molecular complexity index is 4190. The van der Waals surface area contributed by atoms with Crippen LogP contribution < -0.4 is 9.80 Å². The molecule has 376 valence electrons. The zero-order valence-corrected chi connectivity index (χ0v) is 45.1. The van der Waals surface area contributed by atoms with E-state index in [9.17, 15) is 0 Å². The third kappa shape index (κ3) is 7.47. The largest absolute Gasteiger partial charge is 0.454 e. The van der Waals surface area contributed by atoms with Gasteiger partial charge in [0.2, 0.25) is 0 Å². The van der Waals surface area contributed by atoms with Gasteiger partial charge in [-0.1, -0.05) is 224 Å². The number of furan rings is 1. The summed E-state index contributed by atoms with van der Waals surface area (Å²) in [4.78, 5) is 4.88. The molecule has 2 aliphatic rings. The minimum absolute atomic E-state index is 0.00813. The van der Waals surface area contributed by atoms with Crippen molar-refractivity contribution in [3.8, 4) is 44.5 Å². The number of rotatable bonds is 8. The average Bonchev–Trinajstić information content (AvgIpc) is 3.15. The van der Waals surface area contributed by atoms with Gasteiger partial charge in [-0.05, 0) is 162 Å². The van der Waals surface area contributed by atoms with Gasteiger partial charge in [-0.15, -0.1) is 0 Å². The predicted molar refractivity (Wildman–Crippen MR) is 328 cm³/mol. The van der Waals surface area contributed by atoms with Crippen LogP contribution in [-0.4, -0.2) is 0 Å². The highest BCUT2D eigenvalue weighted by Gasteiger charge is 2.53. The van der Waals surface area contributed by atoms with Gasteiger partial charge in [0.1, 0.15) is 5.58 Å². The Morgan fingerprint density at radius 2 is 0.756 bits per heavy atom. The van der Waals surface area contributed by atoms with Crippen LogP contribution in [0.3, 0.4) is 0 Å². The first kappa shape index (κ1) is 47.3. The molecule has 14 rings (SSSR count). The average molecular weight is 1010 g/mol. The molecule has 12 aromatic rings. The summed E-state index contributed by atoms with van der Waals surface area (Å²) in [7, 11) is 0. The summed E-state index contributed by atoms with van der Waals surface area (Å²) >= 11 is 0. The second-order valence-corrected chi connectivity index (χ2v) is 23.3. The molecule has 3 nitrogen and oxygen atoms in total. The second-order valence-electron chi connectivity index (χ2n) is 23.3. The monoisotopic (exact) mass is 1000 g/mol. The third-order valence-corrected chi connectivity index (χ3v) is 16.6. The Kier molecular flexibility index (Phi) is 10.9. The van der Waals surface area contributed by atoms with Gasteiger partial charge in [0.15, 0.2) is 5.58 Å². The molecule has 0 radical (unpaired) electrons. The molecule has 1 heterocycles. The lowest BCUT2D eigenvalue weighted by Gasteiger charge is -2.33. The molecule has 0 fully saturated rings. The number of para-hydroxylation sites is 1. The lowest BCUT2D eigenvalue weighted by Crippen LogP contribution is -2.26. The van der Waals surface area contributed by atoms with Gasteiger partial charge in [-0.2, -0.15) is 0 Å². The van der Waals surface area contributed by atoms with E-state index in [0.29, 0.717) is 0 Å². The van der Waals surface area contributed by atoms with E-state index >= 15 is 0 Å². The first-order chi connectivity index (χ1) is 37.9. The normalized spacial score (nSPS) is 13.1. The third-order valence-electron chi connectivity index (χ3n) is 16.6. The number of nitrogens with zero attached hydrogens (tertiary/aromatic N) is 2. The Morgan fingerprint density at radius 3 is 1.27 bits per heavy atom. The van der Waals surface area contributed by atoms with E-state index in [1.807, 2.05) is 0 Å². The van der Waals surface area contributed by atoms with E-state index in [1.165, 1.54) is 77.9 Å². The SMILES string of the molecule is CC(C)(C)c1ccc(N(c2ccc(-c3ccccc3)cc2)c2ccc3c(c2)C2(c4ccccc4-c4ccccc42)c2cc(N(c4ccc(-c5ccccc5)cc4)c4ccc(C(C)(C)C)cc4)c4oc5ccccc5c4c2-3)cc1. The minimum Gasteiger partial charge on any atom is -0.454 e. The van der Waals surface area contributed by atoms with Crippen molar-refractivity contribution in [2.75, 3.05) is 9.80 Å². The van der Waals surface area contributed by atoms with Gasteiger partial charge in [-0.25, -0.2) is 0 Å². The summed E-state index contributed by atoms with van der Waals surface area (Å²) < 4.78 is 7.31. The molecule has 0 amide bonds. The lowest BCUT2D eigenvalue weighted by molar-refractivity contribution is 0.590. The molecule has 0 saturated carbocycles. The van der Waals surface area contributed by atoms with Crippen molar-refractivity contribution in [1.29, 1.82) is 0 Å². The fraction of sp³-hybridized carbons (Fsp3) is 0.120. The minimum atomic E-state index is -0.701. The zero-order chi connectivity index (χ0) is 52.9. The van der Waals surface area contributed by atoms with Crippen LogP contribution in [0.15, 0.2) is 259 Å². The number of fused-ring (bicyclic) bond motifs is 14. The molecule has 78 heavy (non-hydrogen) atoms. The quantitative estimate of drug-likeness (QED) is 0.151. The van der Waals surface area contributed by atoms with Crippen molar-refractivity contribution < 1.29 is 4.42 Å². The summed E-state index contributed by atoms with van der Waals surface area (Å²) in [5.74, 6) is 0. The summed E-state index contributed by atoms with van der Waals surface area (Å²) in [6, 6.07) is 94.5. The molecule has 0 saturated heterocycles. The molecule has 0 aliphatic heterocycles. The molecule has 0 atom stereocenters. The summed E-state index contributed by atoms with van der Waals surface area (Å²) in [5, 5.41) is 2.22. The smallest absolute Gasteiger partial charge is 0.160 e. The van der Waals surface area contributed by atoms with E-state index < -0.39 is 5.41 Å². The molecule has 0 bridgehead atoms. The van der Waals surface area contributed by atoms with Crippen LogP contribution in [0.1, 0.15) is 74.9 Å². The Labute approximate surface area is 458 Å². The van der Waals surface area contributed by atoms with Crippen LogP contribution in [0.4, 0.5) is 34.1 Å². The van der Waals surface area contributed by atoms with Crippen molar-refractivity contribution in [3.05, 3.63) is 288 Å². The lowest BCUT2D eigenvalue weighted by atomic mass is 9.70. The maximum absolute atomic E-state index is 7.31. The van der Waals surface area contributed by atoms with Crippen LogP contribution >= 0.6 is 0 Å². The summed E-state index contributed by atoms with van der Waals surface area (Å²) in [6.07, 6.45) is 0. The summed E-state index contributed by atoms with van der Waals surface area (Å²) in [6.45, 7) is 13.7. The molecule has 1 aromatic heterocycles. The van der Waals surface area contributed by atoms with Crippen molar-refractivity contribution in [2.24, 2.45) is 0 Å². The molecular weight excluding hydrogens is 945 g/mol. The molecule has 3 heteroatoms. The first-order valence-corrected chi connectivity index (χ1v) is 27.4. The molecule has 0 N–H and O–H groups in total. The standard InChI is InChI=1S/C75H60N2O/c1-73(2,3)53-33-41-56(42-34-53)76(55-37-29-51(30-38-55)49-19-9-7-10-20-49)59-45-46-62-66(47-59)75(64-26-16-13-23-60(64)61-24-14-17-27-65(61)75)67-48-68(72-71(70(62)67)63-25-15-18-28-69(63)78-72)77(58-43-35-54(36-44-58)74(4,5)6)57-39-31-52(32-40-57)50-21-11-8-12-22-50/h7-48H,1-6H3. The molecule has 1 spiro atoms. The Hall–Kier alpha value is -9.18. The highest BCUT2D eigenvalue weighted by atomic mass is 16.3. The molecular formula is C75H60N2O. The van der Waals surface area contributed by atoms with E-state index in [2.05, 4.69) is 306 Å². The Balaban J connectivity index is 1.06. The van der Waals surface area contributed by atoms with Crippen LogP contribution in [0.5, 0.6) is 0 Å². The maximum atomic E-state index is 7.31. The molecule has 2 aliphatic carbocycles. The van der Waals surface area contributed by atoms with E-state index in [1.54, 1.807) is 0 Å². The highest BCUT2D eigenvalue weighted by Crippen LogP contribution is 2.66. The van der Waals surface area contributed by atoms with Gasteiger partial charge in [0.05, 0.1) is 11.1 Å². The van der Waals surface area contributed by atoms with Crippen LogP contribution in [0.2, 0.25) is 0 Å². The van der Waals surface area contributed by atoms with E-state index in [0.717, 1.165) is 56.1 Å². The van der Waals surface area contributed by atoms with Crippen LogP contribution in [-0.2, 0) is 16.2 Å². The maximum Gasteiger partial charge on any atom is 0.160 e. The van der Waals surface area contributed by atoms with Crippen molar-refractivity contribution in [3.63, 3.8) is 0 Å². The van der Waals surface area contributed by atoms with Crippen molar-refractivity contribution in [2.45, 2.75) is 57.8 Å². The number of hydrogen-bond acceptors (Lipinski definition) is 3. The van der Waals surface area contributed by atoms with Crippen LogP contribution in [0.25, 0.3) is 66.4 Å². The topological polar surface area (TPSA) is 19.6 Å².